The third-order valence-electron chi connectivity index (χ3n) is 5.04. The lowest BCUT2D eigenvalue weighted by atomic mass is 10.1. The summed E-state index contributed by atoms with van der Waals surface area (Å²) >= 11 is 1.44. The fourth-order valence-corrected chi connectivity index (χ4v) is 4.08. The molecule has 3 heterocycles. The summed E-state index contributed by atoms with van der Waals surface area (Å²) in [7, 11) is 4.87. The van der Waals surface area contributed by atoms with Gasteiger partial charge in [-0.2, -0.15) is 14.7 Å². The highest BCUT2D eigenvalue weighted by Crippen LogP contribution is 2.29. The molecule has 0 bridgehead atoms. The number of aromatic amines is 1. The lowest BCUT2D eigenvalue weighted by Gasteiger charge is -2.07. The van der Waals surface area contributed by atoms with Gasteiger partial charge in [0.05, 0.1) is 27.0 Å². The average molecular weight is 461 g/mol. The molecule has 3 aromatic heterocycles. The van der Waals surface area contributed by atoms with Gasteiger partial charge in [0.15, 0.2) is 11.5 Å². The fraction of sp³-hybridized carbons (Fsp3) is 0.130. The Morgan fingerprint density at radius 3 is 2.45 bits per heavy atom. The van der Waals surface area contributed by atoms with E-state index in [1.54, 1.807) is 25.8 Å². The highest BCUT2D eigenvalue weighted by Gasteiger charge is 2.15. The van der Waals surface area contributed by atoms with Gasteiger partial charge in [-0.05, 0) is 54.1 Å². The monoisotopic (exact) mass is 460 g/mol. The maximum atomic E-state index is 5.36. The van der Waals surface area contributed by atoms with E-state index >= 15 is 0 Å². The van der Waals surface area contributed by atoms with Crippen LogP contribution >= 0.6 is 11.3 Å². The van der Waals surface area contributed by atoms with E-state index in [0.717, 1.165) is 33.3 Å². The Bertz CT molecular complexity index is 1430. The van der Waals surface area contributed by atoms with Gasteiger partial charge in [-0.3, -0.25) is 5.10 Å². The van der Waals surface area contributed by atoms with Crippen LogP contribution in [0.15, 0.2) is 48.5 Å². The Kier molecular flexibility index (Phi) is 5.49. The molecule has 5 aromatic rings. The molecular formula is C23H20N6O3S. The SMILES string of the molecule is COc1ccc(-c2cc(-c3nnc4sc(/C=C/c5ccc(OC)c(OC)c5)nn34)[nH]n2)cc1. The van der Waals surface area contributed by atoms with E-state index in [0.29, 0.717) is 22.3 Å². The van der Waals surface area contributed by atoms with Crippen LogP contribution in [0.1, 0.15) is 10.6 Å². The minimum absolute atomic E-state index is 0.597. The van der Waals surface area contributed by atoms with Crippen LogP contribution in [0.25, 0.3) is 39.9 Å². The van der Waals surface area contributed by atoms with Crippen LogP contribution < -0.4 is 14.2 Å². The first-order valence-electron chi connectivity index (χ1n) is 10.0. The molecule has 0 saturated carbocycles. The van der Waals surface area contributed by atoms with Gasteiger partial charge in [0.1, 0.15) is 16.5 Å². The van der Waals surface area contributed by atoms with Crippen molar-refractivity contribution >= 4 is 28.4 Å². The summed E-state index contributed by atoms with van der Waals surface area (Å²) in [5.41, 5.74) is 3.47. The first-order chi connectivity index (χ1) is 16.2. The molecule has 0 spiro atoms. The van der Waals surface area contributed by atoms with Crippen LogP contribution in [0.2, 0.25) is 0 Å². The molecule has 0 radical (unpaired) electrons. The number of aromatic nitrogens is 6. The number of H-pyrrole nitrogens is 1. The van der Waals surface area contributed by atoms with E-state index in [-0.39, 0.29) is 0 Å². The second-order valence-electron chi connectivity index (χ2n) is 7.00. The molecule has 0 fully saturated rings. The van der Waals surface area contributed by atoms with Crippen LogP contribution in [0.5, 0.6) is 17.2 Å². The molecule has 0 aliphatic heterocycles. The van der Waals surface area contributed by atoms with E-state index < -0.39 is 0 Å². The first-order valence-corrected chi connectivity index (χ1v) is 10.8. The molecule has 0 aliphatic rings. The normalized spacial score (nSPS) is 11.4. The van der Waals surface area contributed by atoms with Crippen molar-refractivity contribution in [1.82, 2.24) is 30.0 Å². The molecule has 5 rings (SSSR count). The number of hydrogen-bond donors (Lipinski definition) is 1. The van der Waals surface area contributed by atoms with E-state index in [4.69, 9.17) is 14.2 Å². The van der Waals surface area contributed by atoms with E-state index in [1.807, 2.05) is 60.7 Å². The molecule has 0 amide bonds. The molecule has 2 aromatic carbocycles. The number of hydrogen-bond acceptors (Lipinski definition) is 8. The second-order valence-corrected chi connectivity index (χ2v) is 7.99. The molecule has 0 saturated heterocycles. The number of rotatable bonds is 7. The summed E-state index contributed by atoms with van der Waals surface area (Å²) in [5, 5.41) is 21.4. The molecule has 33 heavy (non-hydrogen) atoms. The van der Waals surface area contributed by atoms with Gasteiger partial charge in [-0.15, -0.1) is 10.2 Å². The zero-order valence-corrected chi connectivity index (χ0v) is 19.0. The Labute approximate surface area is 193 Å². The predicted octanol–water partition coefficient (Wildman–Crippen LogP) is 4.44. The molecular weight excluding hydrogens is 440 g/mol. The van der Waals surface area contributed by atoms with Crippen molar-refractivity contribution in [2.45, 2.75) is 0 Å². The number of fused-ring (bicyclic) bond motifs is 1. The summed E-state index contributed by atoms with van der Waals surface area (Å²) in [6.45, 7) is 0. The number of methoxy groups -OCH3 is 3. The summed E-state index contributed by atoms with van der Waals surface area (Å²) < 4.78 is 17.6. The van der Waals surface area contributed by atoms with Crippen molar-refractivity contribution in [3.8, 4) is 40.0 Å². The highest BCUT2D eigenvalue weighted by atomic mass is 32.1. The predicted molar refractivity (Wildman–Crippen MR) is 127 cm³/mol. The Balaban J connectivity index is 1.40. The highest BCUT2D eigenvalue weighted by molar-refractivity contribution is 7.17. The molecule has 10 heteroatoms. The molecule has 0 aliphatic carbocycles. The molecule has 0 unspecified atom stereocenters. The summed E-state index contributed by atoms with van der Waals surface area (Å²) in [5.74, 6) is 2.75. The summed E-state index contributed by atoms with van der Waals surface area (Å²) in [6.07, 6.45) is 3.89. The topological polar surface area (TPSA) is 99.5 Å². The van der Waals surface area contributed by atoms with E-state index in [2.05, 4.69) is 25.5 Å². The van der Waals surface area contributed by atoms with Gasteiger partial charge in [-0.25, -0.2) is 0 Å². The smallest absolute Gasteiger partial charge is 0.235 e. The van der Waals surface area contributed by atoms with E-state index in [1.165, 1.54) is 11.3 Å². The summed E-state index contributed by atoms with van der Waals surface area (Å²) in [4.78, 5) is 0.692. The number of nitrogens with zero attached hydrogens (tertiary/aromatic N) is 5. The van der Waals surface area contributed by atoms with Crippen molar-refractivity contribution in [2.75, 3.05) is 21.3 Å². The largest absolute Gasteiger partial charge is 0.497 e. The summed E-state index contributed by atoms with van der Waals surface area (Å²) in [6, 6.07) is 15.4. The van der Waals surface area contributed by atoms with Gasteiger partial charge < -0.3 is 14.2 Å². The van der Waals surface area contributed by atoms with Crippen molar-refractivity contribution in [3.63, 3.8) is 0 Å². The standard InChI is InChI=1S/C23H20N6O3S/c1-30-16-8-6-15(7-9-16)17-13-18(25-24-17)22-26-27-23-29(22)28-21(33-23)11-5-14-4-10-19(31-2)20(12-14)32-3/h4-13H,1-3H3,(H,24,25)/b11-5+. The first kappa shape index (κ1) is 20.7. The van der Waals surface area contributed by atoms with Crippen molar-refractivity contribution in [1.29, 1.82) is 0 Å². The quantitative estimate of drug-likeness (QED) is 0.383. The second kappa shape index (κ2) is 8.75. The lowest BCUT2D eigenvalue weighted by Crippen LogP contribution is -1.91. The van der Waals surface area contributed by atoms with Crippen molar-refractivity contribution in [2.24, 2.45) is 0 Å². The van der Waals surface area contributed by atoms with E-state index in [9.17, 15) is 0 Å². The number of ether oxygens (including phenoxy) is 3. The molecule has 166 valence electrons. The maximum absolute atomic E-state index is 5.36. The average Bonchev–Trinajstić information content (AvgIpc) is 3.58. The van der Waals surface area contributed by atoms with Gasteiger partial charge >= 0.3 is 0 Å². The Morgan fingerprint density at radius 2 is 1.70 bits per heavy atom. The number of nitrogens with one attached hydrogen (secondary N) is 1. The van der Waals surface area contributed by atoms with Gasteiger partial charge in [-0.1, -0.05) is 23.5 Å². The molecule has 0 atom stereocenters. The van der Waals surface area contributed by atoms with Crippen LogP contribution in [0.4, 0.5) is 0 Å². The van der Waals surface area contributed by atoms with Crippen LogP contribution in [0, 0.1) is 0 Å². The lowest BCUT2D eigenvalue weighted by molar-refractivity contribution is 0.355. The fourth-order valence-electron chi connectivity index (χ4n) is 3.34. The third-order valence-corrected chi connectivity index (χ3v) is 5.90. The van der Waals surface area contributed by atoms with Crippen LogP contribution in [-0.2, 0) is 0 Å². The maximum Gasteiger partial charge on any atom is 0.235 e. The minimum atomic E-state index is 0.597. The zero-order valence-electron chi connectivity index (χ0n) is 18.1. The van der Waals surface area contributed by atoms with Gasteiger partial charge in [0.2, 0.25) is 10.8 Å². The van der Waals surface area contributed by atoms with Crippen LogP contribution in [-0.4, -0.2) is 51.3 Å². The minimum Gasteiger partial charge on any atom is -0.497 e. The van der Waals surface area contributed by atoms with Gasteiger partial charge in [0.25, 0.3) is 0 Å². The molecule has 9 nitrogen and oxygen atoms in total. The Hall–Kier alpha value is -4.18. The third kappa shape index (κ3) is 4.03. The van der Waals surface area contributed by atoms with Crippen LogP contribution in [0.3, 0.4) is 0 Å². The van der Waals surface area contributed by atoms with Crippen molar-refractivity contribution in [3.05, 3.63) is 59.1 Å². The zero-order chi connectivity index (χ0) is 22.8. The van der Waals surface area contributed by atoms with Crippen molar-refractivity contribution < 1.29 is 14.2 Å². The molecule has 1 N–H and O–H groups in total. The number of benzene rings is 2. The van der Waals surface area contributed by atoms with Gasteiger partial charge in [0, 0.05) is 5.56 Å². The Morgan fingerprint density at radius 1 is 0.879 bits per heavy atom.